The maximum absolute atomic E-state index is 11.0. The average molecular weight is 170 g/mol. The van der Waals surface area contributed by atoms with E-state index >= 15 is 0 Å². The maximum Gasteiger partial charge on any atom is 0.158 e. The van der Waals surface area contributed by atoms with Gasteiger partial charge in [-0.25, -0.2) is 0 Å². The van der Waals surface area contributed by atoms with Crippen LogP contribution < -0.4 is 0 Å². The Bertz CT molecular complexity index is 184. The van der Waals surface area contributed by atoms with E-state index in [0.29, 0.717) is 12.8 Å². The van der Waals surface area contributed by atoms with Crippen molar-refractivity contribution in [1.29, 1.82) is 0 Å². The molecule has 68 valence electrons. The van der Waals surface area contributed by atoms with E-state index in [-0.39, 0.29) is 18.0 Å². The lowest BCUT2D eigenvalue weighted by molar-refractivity contribution is -0.130. The molecule has 0 aliphatic heterocycles. The minimum Gasteiger partial charge on any atom is -0.385 e. The monoisotopic (exact) mass is 170 g/mol. The van der Waals surface area contributed by atoms with Crippen molar-refractivity contribution in [2.75, 3.05) is 0 Å². The summed E-state index contributed by atoms with van der Waals surface area (Å²) in [6.45, 7) is 4.73. The fourth-order valence-corrected chi connectivity index (χ4v) is 0.724. The summed E-state index contributed by atoms with van der Waals surface area (Å²) in [5.74, 6) is -0.459. The summed E-state index contributed by atoms with van der Waals surface area (Å²) in [4.78, 5) is 21.5. The molecule has 0 spiro atoms. The third-order valence-corrected chi connectivity index (χ3v) is 1.52. The molecule has 0 unspecified atom stereocenters. The molecular weight excluding hydrogens is 156 g/mol. The van der Waals surface area contributed by atoms with E-state index < -0.39 is 6.10 Å². The smallest absolute Gasteiger partial charge is 0.158 e. The minimum absolute atomic E-state index is 0.0663. The second-order valence-corrected chi connectivity index (χ2v) is 2.70. The Morgan fingerprint density at radius 3 is 2.58 bits per heavy atom. The van der Waals surface area contributed by atoms with Gasteiger partial charge in [0, 0.05) is 12.8 Å². The first kappa shape index (κ1) is 11.0. The van der Waals surface area contributed by atoms with Crippen molar-refractivity contribution in [3.8, 4) is 0 Å². The highest BCUT2D eigenvalue weighted by Gasteiger charge is 2.13. The molecule has 0 aliphatic rings. The molecular formula is C9H14O3. The number of carbonyl (C=O) groups excluding carboxylic acids is 2. The Hall–Kier alpha value is -0.960. The van der Waals surface area contributed by atoms with E-state index in [4.69, 9.17) is 5.11 Å². The molecule has 0 saturated carbocycles. The zero-order valence-electron chi connectivity index (χ0n) is 7.25. The largest absolute Gasteiger partial charge is 0.385 e. The number of hydrogen-bond acceptors (Lipinski definition) is 3. The summed E-state index contributed by atoms with van der Waals surface area (Å²) in [5, 5.41) is 9.00. The first-order valence-electron chi connectivity index (χ1n) is 3.89. The molecule has 0 aromatic carbocycles. The van der Waals surface area contributed by atoms with Gasteiger partial charge in [-0.2, -0.15) is 0 Å². The average Bonchev–Trinajstić information content (AvgIpc) is 2.00. The number of rotatable bonds is 6. The molecule has 0 aromatic rings. The van der Waals surface area contributed by atoms with E-state index in [1.807, 2.05) is 0 Å². The molecule has 0 heterocycles. The van der Waals surface area contributed by atoms with Crippen molar-refractivity contribution in [2.45, 2.75) is 32.3 Å². The Morgan fingerprint density at radius 2 is 2.17 bits per heavy atom. The van der Waals surface area contributed by atoms with Gasteiger partial charge in [0.25, 0.3) is 0 Å². The van der Waals surface area contributed by atoms with Crippen molar-refractivity contribution < 1.29 is 14.7 Å². The molecule has 0 radical (unpaired) electrons. The van der Waals surface area contributed by atoms with E-state index in [9.17, 15) is 9.59 Å². The van der Waals surface area contributed by atoms with Crippen LogP contribution in [0.25, 0.3) is 0 Å². The highest BCUT2D eigenvalue weighted by Crippen LogP contribution is 2.00. The summed E-state index contributed by atoms with van der Waals surface area (Å²) in [6.07, 6.45) is 1.40. The fourth-order valence-electron chi connectivity index (χ4n) is 0.724. The Balaban J connectivity index is 3.68. The van der Waals surface area contributed by atoms with E-state index in [0.717, 1.165) is 0 Å². The second-order valence-electron chi connectivity index (χ2n) is 2.70. The molecule has 1 N–H and O–H groups in total. The zero-order valence-corrected chi connectivity index (χ0v) is 7.25. The minimum atomic E-state index is -1.12. The van der Waals surface area contributed by atoms with Crippen molar-refractivity contribution in [2.24, 2.45) is 0 Å². The fraction of sp³-hybridized carbons (Fsp3) is 0.556. The molecule has 0 saturated heterocycles. The predicted molar refractivity (Wildman–Crippen MR) is 45.7 cm³/mol. The summed E-state index contributed by atoms with van der Waals surface area (Å²) in [5.41, 5.74) is 0. The standard InChI is InChI=1S/C9H14O3/c1-3-4-5-8(11)6-9(12)7(2)10/h3,9,12H,1,4-6H2,2H3/t9-/m0/s1. The van der Waals surface area contributed by atoms with Crippen LogP contribution in [0, 0.1) is 0 Å². The van der Waals surface area contributed by atoms with Gasteiger partial charge in [-0.15, -0.1) is 6.58 Å². The molecule has 0 amide bonds. The van der Waals surface area contributed by atoms with Crippen molar-refractivity contribution in [3.63, 3.8) is 0 Å². The van der Waals surface area contributed by atoms with Crippen LogP contribution in [0.4, 0.5) is 0 Å². The number of hydrogen-bond donors (Lipinski definition) is 1. The Labute approximate surface area is 72.1 Å². The SMILES string of the molecule is C=CCCC(=O)C[C@H](O)C(C)=O. The predicted octanol–water partition coefficient (Wildman–Crippen LogP) is 0.862. The molecule has 12 heavy (non-hydrogen) atoms. The van der Waals surface area contributed by atoms with E-state index in [1.54, 1.807) is 6.08 Å². The molecule has 0 bridgehead atoms. The molecule has 1 atom stereocenters. The number of carbonyl (C=O) groups is 2. The highest BCUT2D eigenvalue weighted by atomic mass is 16.3. The quantitative estimate of drug-likeness (QED) is 0.601. The van der Waals surface area contributed by atoms with Crippen LogP contribution in [0.1, 0.15) is 26.2 Å². The van der Waals surface area contributed by atoms with Crippen molar-refractivity contribution >= 4 is 11.6 Å². The number of ketones is 2. The van der Waals surface area contributed by atoms with Gasteiger partial charge in [0.2, 0.25) is 0 Å². The van der Waals surface area contributed by atoms with Crippen LogP contribution in [0.15, 0.2) is 12.7 Å². The number of aliphatic hydroxyl groups is 1. The summed E-state index contributed by atoms with van der Waals surface area (Å²) in [6, 6.07) is 0. The van der Waals surface area contributed by atoms with Gasteiger partial charge in [-0.3, -0.25) is 9.59 Å². The lowest BCUT2D eigenvalue weighted by Gasteiger charge is -2.03. The van der Waals surface area contributed by atoms with Crippen LogP contribution in [0.3, 0.4) is 0 Å². The van der Waals surface area contributed by atoms with Gasteiger partial charge in [0.15, 0.2) is 5.78 Å². The van der Waals surface area contributed by atoms with Gasteiger partial charge in [-0.05, 0) is 13.3 Å². The van der Waals surface area contributed by atoms with E-state index in [2.05, 4.69) is 6.58 Å². The lowest BCUT2D eigenvalue weighted by atomic mass is 10.1. The Kier molecular flexibility index (Phi) is 5.21. The number of allylic oxidation sites excluding steroid dienone is 1. The van der Waals surface area contributed by atoms with Gasteiger partial charge in [-0.1, -0.05) is 6.08 Å². The van der Waals surface area contributed by atoms with Crippen molar-refractivity contribution in [1.82, 2.24) is 0 Å². The van der Waals surface area contributed by atoms with Crippen molar-refractivity contribution in [3.05, 3.63) is 12.7 Å². The normalized spacial score (nSPS) is 12.2. The second kappa shape index (κ2) is 5.66. The summed E-state index contributed by atoms with van der Waals surface area (Å²) < 4.78 is 0. The first-order valence-corrected chi connectivity index (χ1v) is 3.89. The molecule has 0 rings (SSSR count). The summed E-state index contributed by atoms with van der Waals surface area (Å²) >= 11 is 0. The lowest BCUT2D eigenvalue weighted by Crippen LogP contribution is -2.20. The van der Waals surface area contributed by atoms with Gasteiger partial charge in [0.05, 0.1) is 0 Å². The van der Waals surface area contributed by atoms with Gasteiger partial charge < -0.3 is 5.11 Å². The molecule has 0 fully saturated rings. The highest BCUT2D eigenvalue weighted by molar-refractivity contribution is 5.88. The molecule has 0 aliphatic carbocycles. The molecule has 3 heteroatoms. The topological polar surface area (TPSA) is 54.4 Å². The van der Waals surface area contributed by atoms with Gasteiger partial charge >= 0.3 is 0 Å². The first-order chi connectivity index (χ1) is 5.57. The Morgan fingerprint density at radius 1 is 1.58 bits per heavy atom. The van der Waals surface area contributed by atoms with E-state index in [1.165, 1.54) is 6.92 Å². The number of Topliss-reactive ketones (excluding diaryl/α,β-unsaturated/α-hetero) is 2. The molecule has 0 aromatic heterocycles. The third-order valence-electron chi connectivity index (χ3n) is 1.52. The molecule has 3 nitrogen and oxygen atoms in total. The van der Waals surface area contributed by atoms with Crippen LogP contribution in [-0.2, 0) is 9.59 Å². The van der Waals surface area contributed by atoms with Crippen LogP contribution in [0.2, 0.25) is 0 Å². The van der Waals surface area contributed by atoms with Gasteiger partial charge in [0.1, 0.15) is 11.9 Å². The maximum atomic E-state index is 11.0. The summed E-state index contributed by atoms with van der Waals surface area (Å²) in [7, 11) is 0. The van der Waals surface area contributed by atoms with Crippen LogP contribution in [-0.4, -0.2) is 22.8 Å². The third kappa shape index (κ3) is 4.79. The number of aliphatic hydroxyl groups excluding tert-OH is 1. The van der Waals surface area contributed by atoms with Crippen LogP contribution >= 0.6 is 0 Å². The zero-order chi connectivity index (χ0) is 9.56. The van der Waals surface area contributed by atoms with Crippen LogP contribution in [0.5, 0.6) is 0 Å².